The van der Waals surface area contributed by atoms with Crippen LogP contribution in [0.25, 0.3) is 0 Å². The first kappa shape index (κ1) is 28.3. The molecular formula is C28H38FN5O3. The Morgan fingerprint density at radius 3 is 2.43 bits per heavy atom. The molecule has 0 spiro atoms. The van der Waals surface area contributed by atoms with Crippen molar-refractivity contribution in [3.05, 3.63) is 71.5 Å². The third kappa shape index (κ3) is 7.60. The molecule has 0 saturated carbocycles. The summed E-state index contributed by atoms with van der Waals surface area (Å²) in [6.45, 7) is 5.50. The summed E-state index contributed by atoms with van der Waals surface area (Å²) in [5, 5.41) is 6.01. The molecule has 8 nitrogen and oxygen atoms in total. The Balaban J connectivity index is 1.90. The molecule has 3 amide bonds. The second-order valence-electron chi connectivity index (χ2n) is 9.96. The van der Waals surface area contributed by atoms with Gasteiger partial charge in [-0.25, -0.2) is 19.2 Å². The van der Waals surface area contributed by atoms with Crippen LogP contribution in [0.1, 0.15) is 31.4 Å². The van der Waals surface area contributed by atoms with Gasteiger partial charge < -0.3 is 15.0 Å². The van der Waals surface area contributed by atoms with Gasteiger partial charge in [0.1, 0.15) is 18.3 Å². The number of carbonyl (C=O) groups is 3. The smallest absolute Gasteiger partial charge is 0.333 e. The number of aldehydes is 1. The molecule has 1 unspecified atom stereocenters. The molecule has 1 N–H and O–H groups in total. The molecule has 0 aromatic heterocycles. The van der Waals surface area contributed by atoms with Gasteiger partial charge in [0.15, 0.2) is 0 Å². The fourth-order valence-corrected chi connectivity index (χ4v) is 4.74. The van der Waals surface area contributed by atoms with Crippen molar-refractivity contribution >= 4 is 18.2 Å². The van der Waals surface area contributed by atoms with Crippen molar-refractivity contribution in [3.63, 3.8) is 0 Å². The number of nitrogens with zero attached hydrogens (tertiary/aromatic N) is 4. The van der Waals surface area contributed by atoms with E-state index in [-0.39, 0.29) is 24.8 Å². The molecule has 1 saturated heterocycles. The van der Waals surface area contributed by atoms with E-state index in [4.69, 9.17) is 0 Å². The molecule has 1 fully saturated rings. The standard InChI is InChI=1S/C28H38FN5O3/c1-21(2)20-33-15-14-26(32(4)25(27(33)36)18-22-8-6-5-7-9-22)34(31(3)16-17-35)28(37)30-19-23-10-12-24(29)13-11-23/h5-13,17,21,25-26H,14-16,18-20H2,1-4H3,(H,30,37)/t25-,26?/m0/s1. The van der Waals surface area contributed by atoms with Gasteiger partial charge in [0.05, 0.1) is 12.6 Å². The summed E-state index contributed by atoms with van der Waals surface area (Å²) in [6.07, 6.45) is 1.30. The monoisotopic (exact) mass is 511 g/mol. The second-order valence-corrected chi connectivity index (χ2v) is 9.96. The highest BCUT2D eigenvalue weighted by molar-refractivity contribution is 5.83. The lowest BCUT2D eigenvalue weighted by atomic mass is 10.0. The molecular weight excluding hydrogens is 473 g/mol. The van der Waals surface area contributed by atoms with Gasteiger partial charge in [0, 0.05) is 33.1 Å². The van der Waals surface area contributed by atoms with Gasteiger partial charge in [-0.1, -0.05) is 56.3 Å². The van der Waals surface area contributed by atoms with Crippen LogP contribution in [0, 0.1) is 11.7 Å². The zero-order chi connectivity index (χ0) is 26.9. The SMILES string of the molecule is CC(C)CN1CCC(N(C(=O)NCc2ccc(F)cc2)N(C)CC=O)N(C)[C@@H](Cc2ccccc2)C1=O. The van der Waals surface area contributed by atoms with Crippen molar-refractivity contribution in [2.24, 2.45) is 5.92 Å². The number of nitrogens with one attached hydrogen (secondary N) is 1. The van der Waals surface area contributed by atoms with Crippen LogP contribution in [0.15, 0.2) is 54.6 Å². The van der Waals surface area contributed by atoms with Gasteiger partial charge in [0.25, 0.3) is 0 Å². The van der Waals surface area contributed by atoms with E-state index in [0.717, 1.165) is 17.4 Å². The predicted molar refractivity (Wildman–Crippen MR) is 141 cm³/mol. The van der Waals surface area contributed by atoms with Gasteiger partial charge in [-0.3, -0.25) is 9.69 Å². The molecule has 9 heteroatoms. The quantitative estimate of drug-likeness (QED) is 0.392. The Kier molecular flexibility index (Phi) is 10.2. The Morgan fingerprint density at radius 1 is 1.14 bits per heavy atom. The maximum atomic E-state index is 13.7. The Morgan fingerprint density at radius 2 is 1.81 bits per heavy atom. The summed E-state index contributed by atoms with van der Waals surface area (Å²) in [6, 6.07) is 14.9. The molecule has 2 atom stereocenters. The first-order valence-corrected chi connectivity index (χ1v) is 12.7. The van der Waals surface area contributed by atoms with Crippen LogP contribution in [0.3, 0.4) is 0 Å². The number of amides is 3. The first-order valence-electron chi connectivity index (χ1n) is 12.7. The van der Waals surface area contributed by atoms with Crippen molar-refractivity contribution in [1.29, 1.82) is 0 Å². The maximum absolute atomic E-state index is 13.7. The number of carbonyl (C=O) groups excluding carboxylic acids is 3. The molecule has 0 radical (unpaired) electrons. The molecule has 200 valence electrons. The largest absolute Gasteiger partial charge is 0.341 e. The number of hydrazine groups is 1. The number of benzene rings is 2. The topological polar surface area (TPSA) is 76.2 Å². The van der Waals surface area contributed by atoms with Gasteiger partial charge in [-0.2, -0.15) is 0 Å². The maximum Gasteiger partial charge on any atom is 0.333 e. The van der Waals surface area contributed by atoms with E-state index in [1.54, 1.807) is 24.2 Å². The number of halogens is 1. The molecule has 37 heavy (non-hydrogen) atoms. The molecule has 2 aromatic rings. The average Bonchev–Trinajstić information content (AvgIpc) is 2.97. The van der Waals surface area contributed by atoms with Crippen LogP contribution in [0.2, 0.25) is 0 Å². The van der Waals surface area contributed by atoms with E-state index in [1.807, 2.05) is 47.2 Å². The van der Waals surface area contributed by atoms with E-state index >= 15 is 0 Å². The number of urea groups is 1. The minimum Gasteiger partial charge on any atom is -0.341 e. The van der Waals surface area contributed by atoms with Crippen molar-refractivity contribution in [2.75, 3.05) is 33.7 Å². The fourth-order valence-electron chi connectivity index (χ4n) is 4.74. The molecule has 0 bridgehead atoms. The molecule has 0 aliphatic carbocycles. The van der Waals surface area contributed by atoms with Gasteiger partial charge in [0.2, 0.25) is 5.91 Å². The van der Waals surface area contributed by atoms with E-state index in [1.165, 1.54) is 17.1 Å². The highest BCUT2D eigenvalue weighted by Crippen LogP contribution is 2.24. The van der Waals surface area contributed by atoms with E-state index < -0.39 is 18.2 Å². The summed E-state index contributed by atoms with van der Waals surface area (Å²) in [7, 11) is 3.55. The van der Waals surface area contributed by atoms with Crippen molar-refractivity contribution in [3.8, 4) is 0 Å². The lowest BCUT2D eigenvalue weighted by molar-refractivity contribution is -0.138. The van der Waals surface area contributed by atoms with E-state index in [9.17, 15) is 18.8 Å². The average molecular weight is 512 g/mol. The summed E-state index contributed by atoms with van der Waals surface area (Å²) in [5.74, 6) is -0.00845. The minimum atomic E-state index is -0.481. The predicted octanol–water partition coefficient (Wildman–Crippen LogP) is 3.14. The second kappa shape index (κ2) is 13.3. The van der Waals surface area contributed by atoms with Crippen LogP contribution in [-0.4, -0.2) is 84.0 Å². The summed E-state index contributed by atoms with van der Waals surface area (Å²) < 4.78 is 13.3. The minimum absolute atomic E-state index is 0.0152. The number of hydrogen-bond donors (Lipinski definition) is 1. The first-order chi connectivity index (χ1) is 17.7. The number of likely N-dealkylation sites (N-methyl/N-ethyl adjacent to an activating group) is 2. The number of hydrogen-bond acceptors (Lipinski definition) is 5. The van der Waals surface area contributed by atoms with E-state index in [0.29, 0.717) is 31.8 Å². The number of rotatable bonds is 10. The molecule has 1 aliphatic heterocycles. The third-order valence-electron chi connectivity index (χ3n) is 6.63. The highest BCUT2D eigenvalue weighted by atomic mass is 19.1. The zero-order valence-electron chi connectivity index (χ0n) is 22.1. The molecule has 1 heterocycles. The van der Waals surface area contributed by atoms with Crippen molar-refractivity contribution in [1.82, 2.24) is 25.1 Å². The van der Waals surface area contributed by atoms with E-state index in [2.05, 4.69) is 19.2 Å². The normalized spacial score (nSPS) is 18.7. The zero-order valence-corrected chi connectivity index (χ0v) is 22.1. The lowest BCUT2D eigenvalue weighted by Gasteiger charge is -2.42. The summed E-state index contributed by atoms with van der Waals surface area (Å²) in [5.41, 5.74) is 1.79. The summed E-state index contributed by atoms with van der Waals surface area (Å²) in [4.78, 5) is 42.5. The lowest BCUT2D eigenvalue weighted by Crippen LogP contribution is -2.61. The summed E-state index contributed by atoms with van der Waals surface area (Å²) >= 11 is 0. The van der Waals surface area contributed by atoms with Crippen LogP contribution >= 0.6 is 0 Å². The van der Waals surface area contributed by atoms with Crippen LogP contribution in [0.4, 0.5) is 9.18 Å². The highest BCUT2D eigenvalue weighted by Gasteiger charge is 2.40. The van der Waals surface area contributed by atoms with Gasteiger partial charge in [-0.15, -0.1) is 0 Å². The van der Waals surface area contributed by atoms with Gasteiger partial charge >= 0.3 is 6.03 Å². The molecule has 2 aromatic carbocycles. The molecule has 1 aliphatic rings. The van der Waals surface area contributed by atoms with Gasteiger partial charge in [-0.05, 0) is 42.6 Å². The molecule has 3 rings (SSSR count). The van der Waals surface area contributed by atoms with Crippen molar-refractivity contribution in [2.45, 2.75) is 45.4 Å². The van der Waals surface area contributed by atoms with Crippen LogP contribution < -0.4 is 5.32 Å². The van der Waals surface area contributed by atoms with Crippen LogP contribution in [0.5, 0.6) is 0 Å². The van der Waals surface area contributed by atoms with Crippen LogP contribution in [-0.2, 0) is 22.6 Å². The third-order valence-corrected chi connectivity index (χ3v) is 6.63. The Bertz CT molecular complexity index is 1030. The Labute approximate surface area is 219 Å². The fraction of sp³-hybridized carbons (Fsp3) is 0.464. The Hall–Kier alpha value is -3.30. The van der Waals surface area contributed by atoms with Crippen molar-refractivity contribution < 1.29 is 18.8 Å².